The van der Waals surface area contributed by atoms with Crippen LogP contribution in [0.2, 0.25) is 0 Å². The van der Waals surface area contributed by atoms with E-state index >= 15 is 0 Å². The third-order valence-corrected chi connectivity index (χ3v) is 3.36. The van der Waals surface area contributed by atoms with Gasteiger partial charge in [0.05, 0.1) is 11.1 Å². The van der Waals surface area contributed by atoms with Gasteiger partial charge in [0, 0.05) is 12.7 Å². The standard InChI is InChI=1S/C14H12F2N4/c1-8-9(6-17)5-10(15)12(13(8)16)14-11-3-2-4-20(11)19-7-18-14/h2-5,7H,6,17H2,1H3. The summed E-state index contributed by atoms with van der Waals surface area (Å²) in [6, 6.07) is 4.71. The number of hydrogen-bond acceptors (Lipinski definition) is 3. The molecule has 6 heteroatoms. The fraction of sp³-hybridized carbons (Fsp3) is 0.143. The van der Waals surface area contributed by atoms with Crippen molar-refractivity contribution in [3.05, 3.63) is 53.5 Å². The Morgan fingerprint density at radius 1 is 1.35 bits per heavy atom. The van der Waals surface area contributed by atoms with E-state index in [2.05, 4.69) is 10.1 Å². The van der Waals surface area contributed by atoms with Gasteiger partial charge in [0.25, 0.3) is 0 Å². The lowest BCUT2D eigenvalue weighted by atomic mass is 10.0. The first kappa shape index (κ1) is 12.7. The normalized spacial score (nSPS) is 11.2. The molecule has 102 valence electrons. The molecule has 0 saturated carbocycles. The van der Waals surface area contributed by atoms with Crippen LogP contribution in [0, 0.1) is 18.6 Å². The number of nitrogens with zero attached hydrogens (tertiary/aromatic N) is 3. The monoisotopic (exact) mass is 274 g/mol. The highest BCUT2D eigenvalue weighted by atomic mass is 19.1. The number of aromatic nitrogens is 3. The summed E-state index contributed by atoms with van der Waals surface area (Å²) >= 11 is 0. The Morgan fingerprint density at radius 2 is 2.15 bits per heavy atom. The second kappa shape index (κ2) is 4.64. The molecule has 0 fully saturated rings. The molecule has 20 heavy (non-hydrogen) atoms. The molecule has 2 N–H and O–H groups in total. The lowest BCUT2D eigenvalue weighted by molar-refractivity contribution is 0.578. The van der Waals surface area contributed by atoms with Crippen molar-refractivity contribution in [1.82, 2.24) is 14.6 Å². The Hall–Kier alpha value is -2.34. The van der Waals surface area contributed by atoms with Crippen LogP contribution >= 0.6 is 0 Å². The van der Waals surface area contributed by atoms with Gasteiger partial charge in [-0.2, -0.15) is 5.10 Å². The molecule has 4 nitrogen and oxygen atoms in total. The van der Waals surface area contributed by atoms with Crippen LogP contribution in [0.1, 0.15) is 11.1 Å². The van der Waals surface area contributed by atoms with Crippen molar-refractivity contribution in [2.75, 3.05) is 0 Å². The number of benzene rings is 1. The van der Waals surface area contributed by atoms with E-state index in [1.807, 2.05) is 0 Å². The van der Waals surface area contributed by atoms with Gasteiger partial charge in [-0.05, 0) is 36.2 Å². The molecular weight excluding hydrogens is 262 g/mol. The second-order valence-corrected chi connectivity index (χ2v) is 4.48. The summed E-state index contributed by atoms with van der Waals surface area (Å²) < 4.78 is 30.2. The maximum Gasteiger partial charge on any atom is 0.138 e. The van der Waals surface area contributed by atoms with Gasteiger partial charge in [-0.15, -0.1) is 0 Å². The van der Waals surface area contributed by atoms with Crippen molar-refractivity contribution < 1.29 is 8.78 Å². The molecule has 0 bridgehead atoms. The van der Waals surface area contributed by atoms with Crippen LogP contribution in [0.5, 0.6) is 0 Å². The fourth-order valence-corrected chi connectivity index (χ4v) is 2.25. The van der Waals surface area contributed by atoms with E-state index in [1.165, 1.54) is 16.9 Å². The molecule has 0 aliphatic heterocycles. The Bertz CT molecular complexity index is 795. The summed E-state index contributed by atoms with van der Waals surface area (Å²) in [7, 11) is 0. The van der Waals surface area contributed by atoms with E-state index in [-0.39, 0.29) is 17.8 Å². The van der Waals surface area contributed by atoms with Crippen LogP contribution in [0.4, 0.5) is 8.78 Å². The van der Waals surface area contributed by atoms with Crippen molar-refractivity contribution in [1.29, 1.82) is 0 Å². The zero-order valence-electron chi connectivity index (χ0n) is 10.8. The summed E-state index contributed by atoms with van der Waals surface area (Å²) in [5.74, 6) is -1.30. The van der Waals surface area contributed by atoms with Crippen molar-refractivity contribution in [2.24, 2.45) is 5.73 Å². The van der Waals surface area contributed by atoms with Gasteiger partial charge in [-0.25, -0.2) is 18.3 Å². The van der Waals surface area contributed by atoms with Crippen LogP contribution in [-0.4, -0.2) is 14.6 Å². The number of halogens is 2. The SMILES string of the molecule is Cc1c(CN)cc(F)c(-c2ncnn3cccc23)c1F. The van der Waals surface area contributed by atoms with E-state index in [0.29, 0.717) is 16.6 Å². The summed E-state index contributed by atoms with van der Waals surface area (Å²) in [4.78, 5) is 4.02. The molecule has 0 saturated heterocycles. The molecule has 0 radical (unpaired) electrons. The maximum atomic E-state index is 14.5. The zero-order chi connectivity index (χ0) is 14.3. The quantitative estimate of drug-likeness (QED) is 0.781. The van der Waals surface area contributed by atoms with Gasteiger partial charge in [0.1, 0.15) is 23.7 Å². The van der Waals surface area contributed by atoms with Gasteiger partial charge in [0.2, 0.25) is 0 Å². The highest BCUT2D eigenvalue weighted by Gasteiger charge is 2.20. The van der Waals surface area contributed by atoms with Crippen molar-refractivity contribution in [3.8, 4) is 11.3 Å². The molecule has 1 aromatic carbocycles. The second-order valence-electron chi connectivity index (χ2n) is 4.48. The molecule has 0 atom stereocenters. The van der Waals surface area contributed by atoms with Crippen LogP contribution in [0.15, 0.2) is 30.7 Å². The topological polar surface area (TPSA) is 56.2 Å². The number of nitrogens with two attached hydrogens (primary N) is 1. The zero-order valence-corrected chi connectivity index (χ0v) is 10.8. The minimum atomic E-state index is -0.671. The minimum absolute atomic E-state index is 0.0876. The molecule has 0 aliphatic carbocycles. The predicted octanol–water partition coefficient (Wildman–Crippen LogP) is 2.44. The Balaban J connectivity index is 2.35. The highest BCUT2D eigenvalue weighted by molar-refractivity contribution is 5.77. The largest absolute Gasteiger partial charge is 0.326 e. The van der Waals surface area contributed by atoms with Gasteiger partial charge in [-0.3, -0.25) is 0 Å². The minimum Gasteiger partial charge on any atom is -0.326 e. The van der Waals surface area contributed by atoms with Crippen molar-refractivity contribution in [2.45, 2.75) is 13.5 Å². The summed E-state index contributed by atoms with van der Waals surface area (Å²) in [6.45, 7) is 1.67. The first-order chi connectivity index (χ1) is 9.63. The number of hydrogen-bond donors (Lipinski definition) is 1. The van der Waals surface area contributed by atoms with E-state index in [0.717, 1.165) is 0 Å². The molecule has 0 aliphatic rings. The third kappa shape index (κ3) is 1.77. The molecule has 0 amide bonds. The van der Waals surface area contributed by atoms with Crippen molar-refractivity contribution in [3.63, 3.8) is 0 Å². The summed E-state index contributed by atoms with van der Waals surface area (Å²) in [6.07, 6.45) is 2.96. The van der Waals surface area contributed by atoms with Crippen LogP contribution in [0.3, 0.4) is 0 Å². The average molecular weight is 274 g/mol. The van der Waals surface area contributed by atoms with Gasteiger partial charge in [-0.1, -0.05) is 0 Å². The molecule has 2 heterocycles. The Morgan fingerprint density at radius 3 is 2.90 bits per heavy atom. The third-order valence-electron chi connectivity index (χ3n) is 3.36. The molecule has 0 spiro atoms. The Kier molecular flexibility index (Phi) is 2.94. The van der Waals surface area contributed by atoms with E-state index in [9.17, 15) is 8.78 Å². The molecule has 3 rings (SSSR count). The van der Waals surface area contributed by atoms with Crippen LogP contribution < -0.4 is 5.73 Å². The fourth-order valence-electron chi connectivity index (χ4n) is 2.25. The van der Waals surface area contributed by atoms with E-state index < -0.39 is 11.6 Å². The first-order valence-corrected chi connectivity index (χ1v) is 6.09. The summed E-state index contributed by atoms with van der Waals surface area (Å²) in [5.41, 5.74) is 6.90. The maximum absolute atomic E-state index is 14.5. The molecule has 0 unspecified atom stereocenters. The van der Waals surface area contributed by atoms with E-state index in [1.54, 1.807) is 25.3 Å². The Labute approximate surface area is 113 Å². The predicted molar refractivity (Wildman–Crippen MR) is 71.0 cm³/mol. The van der Waals surface area contributed by atoms with E-state index in [4.69, 9.17) is 5.73 Å². The van der Waals surface area contributed by atoms with Gasteiger partial charge < -0.3 is 5.73 Å². The smallest absolute Gasteiger partial charge is 0.138 e. The molecular formula is C14H12F2N4. The van der Waals surface area contributed by atoms with Gasteiger partial charge >= 0.3 is 0 Å². The van der Waals surface area contributed by atoms with Crippen LogP contribution in [-0.2, 0) is 6.54 Å². The molecule has 2 aromatic heterocycles. The van der Waals surface area contributed by atoms with Gasteiger partial charge in [0.15, 0.2) is 0 Å². The lowest BCUT2D eigenvalue weighted by Gasteiger charge is -2.11. The average Bonchev–Trinajstić information content (AvgIpc) is 2.92. The number of rotatable bonds is 2. The first-order valence-electron chi connectivity index (χ1n) is 6.09. The molecule has 3 aromatic rings. The highest BCUT2D eigenvalue weighted by Crippen LogP contribution is 2.31. The summed E-state index contributed by atoms with van der Waals surface area (Å²) in [5, 5.41) is 3.98. The lowest BCUT2D eigenvalue weighted by Crippen LogP contribution is -2.06. The number of fused-ring (bicyclic) bond motifs is 1. The van der Waals surface area contributed by atoms with Crippen molar-refractivity contribution >= 4 is 5.52 Å². The van der Waals surface area contributed by atoms with Crippen LogP contribution in [0.25, 0.3) is 16.8 Å².